The van der Waals surface area contributed by atoms with E-state index in [2.05, 4.69) is 10.6 Å². The van der Waals surface area contributed by atoms with Gasteiger partial charge in [-0.15, -0.1) is 0 Å². The number of hydrogen-bond donors (Lipinski definition) is 2. The van der Waals surface area contributed by atoms with Crippen LogP contribution in [-0.4, -0.2) is 39.1 Å². The Balaban J connectivity index is 1.92. The van der Waals surface area contributed by atoms with Gasteiger partial charge in [-0.2, -0.15) is 0 Å². The molecule has 2 rings (SSSR count). The second kappa shape index (κ2) is 6.29. The minimum absolute atomic E-state index is 0.0782. The van der Waals surface area contributed by atoms with Gasteiger partial charge >= 0.3 is 0 Å². The van der Waals surface area contributed by atoms with Gasteiger partial charge in [0.05, 0.1) is 18.3 Å². The molecule has 22 heavy (non-hydrogen) atoms. The highest BCUT2D eigenvalue weighted by Crippen LogP contribution is 2.25. The number of rotatable bonds is 5. The van der Waals surface area contributed by atoms with Crippen LogP contribution in [0.3, 0.4) is 0 Å². The number of sulfone groups is 1. The third-order valence-electron chi connectivity index (χ3n) is 3.31. The first-order valence-corrected chi connectivity index (χ1v) is 8.85. The van der Waals surface area contributed by atoms with Crippen LogP contribution in [0.5, 0.6) is 0 Å². The lowest BCUT2D eigenvalue weighted by Gasteiger charge is -2.11. The molecule has 1 aliphatic rings. The number of hydrogen-bond acceptors (Lipinski definition) is 4. The molecule has 1 amide bonds. The molecule has 0 saturated carbocycles. The zero-order chi connectivity index (χ0) is 16.4. The summed E-state index contributed by atoms with van der Waals surface area (Å²) >= 11 is 0. The summed E-state index contributed by atoms with van der Waals surface area (Å²) in [5, 5.41) is 5.07. The van der Waals surface area contributed by atoms with Gasteiger partial charge in [0.25, 0.3) is 5.92 Å². The summed E-state index contributed by atoms with van der Waals surface area (Å²) < 4.78 is 48.6. The van der Waals surface area contributed by atoms with E-state index < -0.39 is 40.7 Å². The van der Waals surface area contributed by atoms with Gasteiger partial charge in [-0.05, 0) is 11.1 Å². The molecule has 1 aromatic carbocycles. The number of benzene rings is 1. The SMILES string of the molecule is CS(=O)(=O)Cc1cccc(CNC(=O)C2CC(F)(F)CN2)c1. The van der Waals surface area contributed by atoms with Crippen molar-refractivity contribution in [3.63, 3.8) is 0 Å². The smallest absolute Gasteiger partial charge is 0.262 e. The van der Waals surface area contributed by atoms with Gasteiger partial charge in [0.15, 0.2) is 9.84 Å². The molecule has 0 bridgehead atoms. The maximum absolute atomic E-state index is 13.0. The van der Waals surface area contributed by atoms with E-state index in [9.17, 15) is 22.0 Å². The predicted molar refractivity (Wildman–Crippen MR) is 78.2 cm³/mol. The Morgan fingerprint density at radius 3 is 2.68 bits per heavy atom. The van der Waals surface area contributed by atoms with Gasteiger partial charge in [0, 0.05) is 19.2 Å². The molecule has 0 radical (unpaired) electrons. The van der Waals surface area contributed by atoms with Crippen molar-refractivity contribution in [2.24, 2.45) is 0 Å². The quantitative estimate of drug-likeness (QED) is 0.838. The molecule has 1 fully saturated rings. The zero-order valence-corrected chi connectivity index (χ0v) is 12.9. The lowest BCUT2D eigenvalue weighted by molar-refractivity contribution is -0.123. The Hall–Kier alpha value is -1.54. The van der Waals surface area contributed by atoms with Crippen LogP contribution >= 0.6 is 0 Å². The highest BCUT2D eigenvalue weighted by molar-refractivity contribution is 7.89. The van der Waals surface area contributed by atoms with Crippen LogP contribution in [0, 0.1) is 0 Å². The van der Waals surface area contributed by atoms with Gasteiger partial charge in [0.1, 0.15) is 0 Å². The summed E-state index contributed by atoms with van der Waals surface area (Å²) in [6.07, 6.45) is 0.639. The van der Waals surface area contributed by atoms with Crippen molar-refractivity contribution in [1.82, 2.24) is 10.6 Å². The largest absolute Gasteiger partial charge is 0.351 e. The normalized spacial score (nSPS) is 20.8. The van der Waals surface area contributed by atoms with E-state index in [1.165, 1.54) is 0 Å². The van der Waals surface area contributed by atoms with Crippen LogP contribution in [0.4, 0.5) is 8.78 Å². The van der Waals surface area contributed by atoms with Crippen molar-refractivity contribution in [3.8, 4) is 0 Å². The predicted octanol–water partition coefficient (Wildman–Crippen LogP) is 0.845. The fourth-order valence-corrected chi connectivity index (χ4v) is 3.13. The third kappa shape index (κ3) is 5.03. The van der Waals surface area contributed by atoms with Gasteiger partial charge < -0.3 is 5.32 Å². The van der Waals surface area contributed by atoms with Crippen molar-refractivity contribution in [1.29, 1.82) is 0 Å². The fraction of sp³-hybridized carbons (Fsp3) is 0.500. The van der Waals surface area contributed by atoms with E-state index in [0.717, 1.165) is 11.8 Å². The van der Waals surface area contributed by atoms with E-state index in [4.69, 9.17) is 0 Å². The highest BCUT2D eigenvalue weighted by atomic mass is 32.2. The third-order valence-corrected chi connectivity index (χ3v) is 4.17. The molecule has 1 atom stereocenters. The molecule has 1 aliphatic heterocycles. The van der Waals surface area contributed by atoms with E-state index in [0.29, 0.717) is 5.56 Å². The summed E-state index contributed by atoms with van der Waals surface area (Å²) in [6, 6.07) is 5.91. The van der Waals surface area contributed by atoms with Crippen molar-refractivity contribution in [3.05, 3.63) is 35.4 Å². The summed E-state index contributed by atoms with van der Waals surface area (Å²) in [4.78, 5) is 11.8. The minimum Gasteiger partial charge on any atom is -0.351 e. The summed E-state index contributed by atoms with van der Waals surface area (Å²) in [6.45, 7) is -0.324. The standard InChI is InChI=1S/C14H18F2N2O3S/c1-22(20,21)8-11-4-2-3-10(5-11)7-17-13(19)12-6-14(15,16)9-18-12/h2-5,12,18H,6-9H2,1H3,(H,17,19). The fourth-order valence-electron chi connectivity index (χ4n) is 2.35. The van der Waals surface area contributed by atoms with Crippen LogP contribution in [-0.2, 0) is 26.9 Å². The number of nitrogens with one attached hydrogen (secondary N) is 2. The molecule has 0 spiro atoms. The van der Waals surface area contributed by atoms with Crippen LogP contribution in [0.1, 0.15) is 17.5 Å². The average Bonchev–Trinajstić information content (AvgIpc) is 2.75. The van der Waals surface area contributed by atoms with Crippen molar-refractivity contribution in [2.45, 2.75) is 30.7 Å². The first kappa shape index (κ1) is 16.8. The molecule has 0 aliphatic carbocycles. The minimum atomic E-state index is -3.13. The topological polar surface area (TPSA) is 75.3 Å². The van der Waals surface area contributed by atoms with E-state index in [1.54, 1.807) is 24.3 Å². The molecule has 8 heteroatoms. The number of carbonyl (C=O) groups is 1. The zero-order valence-electron chi connectivity index (χ0n) is 12.1. The maximum Gasteiger partial charge on any atom is 0.262 e. The number of amides is 1. The van der Waals surface area contributed by atoms with Gasteiger partial charge in [-0.25, -0.2) is 17.2 Å². The molecule has 1 aromatic rings. The Kier molecular flexibility index (Phi) is 4.81. The Morgan fingerprint density at radius 1 is 1.41 bits per heavy atom. The lowest BCUT2D eigenvalue weighted by Crippen LogP contribution is -2.40. The molecule has 1 saturated heterocycles. The maximum atomic E-state index is 13.0. The second-order valence-electron chi connectivity index (χ2n) is 5.60. The lowest BCUT2D eigenvalue weighted by atomic mass is 10.1. The van der Waals surface area contributed by atoms with Crippen molar-refractivity contribution < 1.29 is 22.0 Å². The number of halogens is 2. The Labute approximate surface area is 128 Å². The Morgan fingerprint density at radius 2 is 2.09 bits per heavy atom. The van der Waals surface area contributed by atoms with Crippen molar-refractivity contribution >= 4 is 15.7 Å². The summed E-state index contributed by atoms with van der Waals surface area (Å²) in [7, 11) is -3.13. The van der Waals surface area contributed by atoms with Crippen molar-refractivity contribution in [2.75, 3.05) is 12.8 Å². The molecule has 122 valence electrons. The average molecular weight is 332 g/mol. The first-order valence-electron chi connectivity index (χ1n) is 6.79. The molecule has 0 aromatic heterocycles. The molecular weight excluding hydrogens is 314 g/mol. The van der Waals surface area contributed by atoms with E-state index >= 15 is 0 Å². The first-order chi connectivity index (χ1) is 10.1. The molecule has 1 unspecified atom stereocenters. The van der Waals surface area contributed by atoms with Crippen LogP contribution < -0.4 is 10.6 Å². The van der Waals surface area contributed by atoms with Gasteiger partial charge in [-0.3, -0.25) is 10.1 Å². The van der Waals surface area contributed by atoms with E-state index in [1.807, 2.05) is 0 Å². The van der Waals surface area contributed by atoms with Crippen LogP contribution in [0.15, 0.2) is 24.3 Å². The van der Waals surface area contributed by atoms with Gasteiger partial charge in [-0.1, -0.05) is 24.3 Å². The monoisotopic (exact) mass is 332 g/mol. The molecule has 1 heterocycles. The van der Waals surface area contributed by atoms with Crippen LogP contribution in [0.25, 0.3) is 0 Å². The highest BCUT2D eigenvalue weighted by Gasteiger charge is 2.42. The summed E-state index contributed by atoms with van der Waals surface area (Å²) in [5.41, 5.74) is 1.35. The van der Waals surface area contributed by atoms with Gasteiger partial charge in [0.2, 0.25) is 5.91 Å². The second-order valence-corrected chi connectivity index (χ2v) is 7.74. The summed E-state index contributed by atoms with van der Waals surface area (Å²) in [5.74, 6) is -3.41. The molecule has 5 nitrogen and oxygen atoms in total. The Bertz CT molecular complexity index is 662. The molecule has 2 N–H and O–H groups in total. The molecular formula is C14H18F2N2O3S. The van der Waals surface area contributed by atoms with E-state index in [-0.39, 0.29) is 12.3 Å². The van der Waals surface area contributed by atoms with Crippen LogP contribution in [0.2, 0.25) is 0 Å². The number of carbonyl (C=O) groups excluding carboxylic acids is 1. The number of alkyl halides is 2.